The van der Waals surface area contributed by atoms with E-state index in [9.17, 15) is 4.57 Å². The molecular weight excluding hydrogens is 239 g/mol. The highest BCUT2D eigenvalue weighted by Crippen LogP contribution is 2.35. The Bertz CT molecular complexity index is 196. The fourth-order valence-corrected chi connectivity index (χ4v) is 1.21. The number of nitrogens with one attached hydrogen (secondary N) is 2. The molecule has 98 valence electrons. The van der Waals surface area contributed by atoms with E-state index in [2.05, 4.69) is 15.2 Å². The van der Waals surface area contributed by atoms with E-state index in [0.29, 0.717) is 0 Å². The molecule has 1 saturated heterocycles. The molecule has 0 aromatic carbocycles. The number of rotatable bonds is 4. The Morgan fingerprint density at radius 3 is 1.88 bits per heavy atom. The zero-order chi connectivity index (χ0) is 12.4. The second kappa shape index (κ2) is 9.03. The first-order valence-electron chi connectivity index (χ1n) is 4.86. The molecule has 0 amide bonds. The molecule has 1 atom stereocenters. The largest absolute Gasteiger partial charge is 0.469 e. The van der Waals surface area contributed by atoms with Gasteiger partial charge in [0.15, 0.2) is 0 Å². The van der Waals surface area contributed by atoms with Crippen LogP contribution in [-0.2, 0) is 9.09 Å². The normalized spacial score (nSPS) is 18.5. The summed E-state index contributed by atoms with van der Waals surface area (Å²) in [6, 6.07) is 0. The van der Waals surface area contributed by atoms with Gasteiger partial charge in [-0.3, -0.25) is 4.52 Å². The SMILES string of the molecule is C1CNCCN1.O=P(O)(O)OCC(O)CO. The zero-order valence-electron chi connectivity index (χ0n) is 8.87. The fourth-order valence-electron chi connectivity index (χ4n) is 0.839. The van der Waals surface area contributed by atoms with Crippen LogP contribution in [0.4, 0.5) is 0 Å². The molecule has 0 radical (unpaired) electrons. The lowest BCUT2D eigenvalue weighted by Gasteiger charge is -2.11. The monoisotopic (exact) mass is 258 g/mol. The molecule has 0 bridgehead atoms. The zero-order valence-corrected chi connectivity index (χ0v) is 9.77. The molecule has 9 heteroatoms. The lowest BCUT2D eigenvalue weighted by atomic mass is 10.4. The second-order valence-electron chi connectivity index (χ2n) is 3.12. The van der Waals surface area contributed by atoms with Gasteiger partial charge in [-0.2, -0.15) is 0 Å². The van der Waals surface area contributed by atoms with Gasteiger partial charge in [0.1, 0.15) is 6.10 Å². The van der Waals surface area contributed by atoms with E-state index in [-0.39, 0.29) is 0 Å². The number of piperazine rings is 1. The summed E-state index contributed by atoms with van der Waals surface area (Å²) in [7, 11) is -4.50. The second-order valence-corrected chi connectivity index (χ2v) is 4.36. The number of hydrogen-bond acceptors (Lipinski definition) is 6. The molecule has 8 nitrogen and oxygen atoms in total. The topological polar surface area (TPSA) is 131 Å². The average Bonchev–Trinajstić information content (AvgIpc) is 2.28. The van der Waals surface area contributed by atoms with Crippen molar-refractivity contribution >= 4 is 7.82 Å². The van der Waals surface area contributed by atoms with Crippen LogP contribution in [0.15, 0.2) is 0 Å². The van der Waals surface area contributed by atoms with Crippen molar-refractivity contribution in [1.29, 1.82) is 0 Å². The Kier molecular flexibility index (Phi) is 9.00. The molecular formula is C7H19N2O6P. The van der Waals surface area contributed by atoms with Crippen molar-refractivity contribution in [3.63, 3.8) is 0 Å². The summed E-state index contributed by atoms with van der Waals surface area (Å²) in [4.78, 5) is 16.1. The molecule has 1 aliphatic heterocycles. The molecule has 1 aliphatic rings. The molecule has 0 spiro atoms. The van der Waals surface area contributed by atoms with Gasteiger partial charge in [0.2, 0.25) is 0 Å². The minimum absolute atomic E-state index is 0.569. The highest BCUT2D eigenvalue weighted by atomic mass is 31.2. The minimum Gasteiger partial charge on any atom is -0.394 e. The van der Waals surface area contributed by atoms with E-state index in [1.54, 1.807) is 0 Å². The molecule has 0 aromatic rings. The quantitative estimate of drug-likeness (QED) is 0.308. The molecule has 16 heavy (non-hydrogen) atoms. The summed E-state index contributed by atoms with van der Waals surface area (Å²) in [5.41, 5.74) is 0. The number of aliphatic hydroxyl groups excluding tert-OH is 2. The van der Waals surface area contributed by atoms with Crippen LogP contribution in [-0.4, -0.2) is 65.5 Å². The summed E-state index contributed by atoms with van der Waals surface area (Å²) < 4.78 is 13.8. The molecule has 1 unspecified atom stereocenters. The first-order chi connectivity index (χ1) is 7.45. The van der Waals surface area contributed by atoms with Crippen molar-refractivity contribution in [3.8, 4) is 0 Å². The summed E-state index contributed by atoms with van der Waals surface area (Å²) in [5, 5.41) is 23.1. The molecule has 0 aromatic heterocycles. The number of phosphoric acid groups is 1. The summed E-state index contributed by atoms with van der Waals surface area (Å²) in [6.07, 6.45) is -1.24. The smallest absolute Gasteiger partial charge is 0.394 e. The summed E-state index contributed by atoms with van der Waals surface area (Å²) in [5.74, 6) is 0. The fraction of sp³-hybridized carbons (Fsp3) is 1.00. The van der Waals surface area contributed by atoms with Gasteiger partial charge in [0.25, 0.3) is 0 Å². The van der Waals surface area contributed by atoms with E-state index < -0.39 is 27.1 Å². The molecule has 1 fully saturated rings. The maximum absolute atomic E-state index is 9.93. The minimum atomic E-state index is -4.50. The van der Waals surface area contributed by atoms with Crippen molar-refractivity contribution < 1.29 is 29.1 Å². The first-order valence-corrected chi connectivity index (χ1v) is 6.39. The maximum Gasteiger partial charge on any atom is 0.469 e. The van der Waals surface area contributed by atoms with Crippen LogP contribution in [0.3, 0.4) is 0 Å². The number of phosphoric ester groups is 1. The number of aliphatic hydroxyl groups is 2. The Morgan fingerprint density at radius 2 is 1.62 bits per heavy atom. The third kappa shape index (κ3) is 12.0. The van der Waals surface area contributed by atoms with Crippen molar-refractivity contribution in [1.82, 2.24) is 10.6 Å². The molecule has 1 rings (SSSR count). The van der Waals surface area contributed by atoms with Crippen LogP contribution in [0, 0.1) is 0 Å². The van der Waals surface area contributed by atoms with Gasteiger partial charge in [0.05, 0.1) is 13.2 Å². The highest BCUT2D eigenvalue weighted by molar-refractivity contribution is 7.46. The van der Waals surface area contributed by atoms with E-state index in [1.807, 2.05) is 0 Å². The first kappa shape index (κ1) is 16.0. The van der Waals surface area contributed by atoms with Gasteiger partial charge < -0.3 is 30.6 Å². The predicted molar refractivity (Wildman–Crippen MR) is 56.8 cm³/mol. The van der Waals surface area contributed by atoms with Gasteiger partial charge in [-0.15, -0.1) is 0 Å². The maximum atomic E-state index is 9.93. The van der Waals surface area contributed by atoms with Crippen LogP contribution in [0.25, 0.3) is 0 Å². The van der Waals surface area contributed by atoms with Gasteiger partial charge in [0, 0.05) is 26.2 Å². The van der Waals surface area contributed by atoms with E-state index in [4.69, 9.17) is 20.0 Å². The highest BCUT2D eigenvalue weighted by Gasteiger charge is 2.15. The van der Waals surface area contributed by atoms with Crippen LogP contribution in [0.2, 0.25) is 0 Å². The molecule has 0 saturated carbocycles. The van der Waals surface area contributed by atoms with Crippen LogP contribution >= 0.6 is 7.82 Å². The van der Waals surface area contributed by atoms with E-state index >= 15 is 0 Å². The van der Waals surface area contributed by atoms with Crippen molar-refractivity contribution in [2.24, 2.45) is 0 Å². The lowest BCUT2D eigenvalue weighted by molar-refractivity contribution is 0.0419. The average molecular weight is 258 g/mol. The van der Waals surface area contributed by atoms with E-state index in [1.165, 1.54) is 0 Å². The van der Waals surface area contributed by atoms with Crippen LogP contribution < -0.4 is 10.6 Å². The Balaban J connectivity index is 0.000000315. The van der Waals surface area contributed by atoms with Gasteiger partial charge >= 0.3 is 7.82 Å². The van der Waals surface area contributed by atoms with E-state index in [0.717, 1.165) is 26.2 Å². The Morgan fingerprint density at radius 1 is 1.19 bits per heavy atom. The molecule has 6 N–H and O–H groups in total. The van der Waals surface area contributed by atoms with Crippen molar-refractivity contribution in [3.05, 3.63) is 0 Å². The van der Waals surface area contributed by atoms with Crippen molar-refractivity contribution in [2.45, 2.75) is 6.10 Å². The van der Waals surface area contributed by atoms with Gasteiger partial charge in [-0.1, -0.05) is 0 Å². The standard InChI is InChI=1S/C4H10N2.C3H9O6P/c1-2-6-4-3-5-1;4-1-3(5)2-9-10(6,7)8/h5-6H,1-4H2;3-5H,1-2H2,(H2,6,7,8). The number of hydrogen-bond donors (Lipinski definition) is 6. The summed E-state index contributed by atoms with van der Waals surface area (Å²) in [6.45, 7) is 3.40. The van der Waals surface area contributed by atoms with Crippen molar-refractivity contribution in [2.75, 3.05) is 39.4 Å². The predicted octanol–water partition coefficient (Wildman–Crippen LogP) is -2.37. The van der Waals surface area contributed by atoms with Gasteiger partial charge in [-0.05, 0) is 0 Å². The Labute approximate surface area is 93.9 Å². The third-order valence-electron chi connectivity index (χ3n) is 1.60. The lowest BCUT2D eigenvalue weighted by Crippen LogP contribution is -2.39. The molecule has 0 aliphatic carbocycles. The molecule has 1 heterocycles. The van der Waals surface area contributed by atoms with Crippen LogP contribution in [0.1, 0.15) is 0 Å². The summed E-state index contributed by atoms with van der Waals surface area (Å²) >= 11 is 0. The van der Waals surface area contributed by atoms with Crippen LogP contribution in [0.5, 0.6) is 0 Å². The Hall–Kier alpha value is -0.0500. The van der Waals surface area contributed by atoms with Gasteiger partial charge in [-0.25, -0.2) is 4.57 Å². The third-order valence-corrected chi connectivity index (χ3v) is 2.09.